The number of halogens is 3. The van der Waals surface area contributed by atoms with E-state index in [2.05, 4.69) is 32.9 Å². The molecule has 0 spiro atoms. The van der Waals surface area contributed by atoms with Gasteiger partial charge in [0, 0.05) is 36.8 Å². The molecule has 0 saturated carbocycles. The number of aromatic amines is 1. The number of aromatic nitrogens is 1. The fraction of sp³-hybridized carbons (Fsp3) is 0.100. The third kappa shape index (κ3) is 4.68. The molecular formula is C20H15Cl2IN2O3. The van der Waals surface area contributed by atoms with Crippen LogP contribution in [0, 0.1) is 3.57 Å². The average Bonchev–Trinajstić information content (AvgIpc) is 3.01. The van der Waals surface area contributed by atoms with Gasteiger partial charge in [-0.1, -0.05) is 23.2 Å². The maximum absolute atomic E-state index is 12.3. The van der Waals surface area contributed by atoms with Gasteiger partial charge in [-0.2, -0.15) is 0 Å². The summed E-state index contributed by atoms with van der Waals surface area (Å²) in [7, 11) is 0. The van der Waals surface area contributed by atoms with Crippen molar-refractivity contribution in [2.45, 2.75) is 6.92 Å². The second kappa shape index (κ2) is 8.98. The first kappa shape index (κ1) is 20.7. The molecule has 0 fully saturated rings. The first-order valence-corrected chi connectivity index (χ1v) is 10.1. The Labute approximate surface area is 185 Å². The molecule has 0 saturated heterocycles. The van der Waals surface area contributed by atoms with Gasteiger partial charge in [-0.15, -0.1) is 0 Å². The van der Waals surface area contributed by atoms with Crippen LogP contribution in [0.25, 0.3) is 17.0 Å². The quantitative estimate of drug-likeness (QED) is 0.246. The van der Waals surface area contributed by atoms with E-state index in [1.807, 2.05) is 24.3 Å². The summed E-state index contributed by atoms with van der Waals surface area (Å²) in [5.41, 5.74) is 1.93. The van der Waals surface area contributed by atoms with Gasteiger partial charge in [0.25, 0.3) is 0 Å². The zero-order valence-electron chi connectivity index (χ0n) is 14.7. The third-order valence-corrected chi connectivity index (χ3v) is 5.08. The number of hydrogen-bond acceptors (Lipinski definition) is 3. The highest BCUT2D eigenvalue weighted by atomic mass is 127. The molecule has 0 aliphatic rings. The Kier molecular flexibility index (Phi) is 6.64. The Morgan fingerprint density at radius 2 is 1.93 bits per heavy atom. The van der Waals surface area contributed by atoms with E-state index >= 15 is 0 Å². The fourth-order valence-electron chi connectivity index (χ4n) is 2.68. The van der Waals surface area contributed by atoms with Crippen LogP contribution in [-0.2, 0) is 9.53 Å². The molecule has 3 rings (SSSR count). The van der Waals surface area contributed by atoms with Gasteiger partial charge in [0.2, 0.25) is 5.91 Å². The van der Waals surface area contributed by atoms with Gasteiger partial charge in [-0.05, 0) is 72.0 Å². The molecule has 1 heterocycles. The molecule has 0 bridgehead atoms. The molecule has 3 aromatic rings. The van der Waals surface area contributed by atoms with Gasteiger partial charge in [0.05, 0.1) is 11.6 Å². The Morgan fingerprint density at radius 3 is 2.61 bits per heavy atom. The van der Waals surface area contributed by atoms with Gasteiger partial charge < -0.3 is 15.0 Å². The lowest BCUT2D eigenvalue weighted by Gasteiger charge is -2.03. The van der Waals surface area contributed by atoms with Gasteiger partial charge in [0.1, 0.15) is 5.69 Å². The molecule has 5 nitrogen and oxygen atoms in total. The number of carbonyl (C=O) groups excluding carboxylic acids is 2. The smallest absolute Gasteiger partial charge is 0.355 e. The van der Waals surface area contributed by atoms with E-state index in [0.717, 1.165) is 3.57 Å². The molecule has 0 unspecified atom stereocenters. The van der Waals surface area contributed by atoms with Crippen molar-refractivity contribution in [3.8, 4) is 0 Å². The Hall–Kier alpha value is -2.03. The summed E-state index contributed by atoms with van der Waals surface area (Å²) in [6, 6.07) is 10.6. The average molecular weight is 529 g/mol. The van der Waals surface area contributed by atoms with E-state index in [-0.39, 0.29) is 18.2 Å². The first-order valence-electron chi connectivity index (χ1n) is 8.31. The molecule has 1 amide bonds. The molecule has 2 N–H and O–H groups in total. The molecule has 2 aromatic carbocycles. The molecule has 0 aliphatic carbocycles. The van der Waals surface area contributed by atoms with E-state index < -0.39 is 5.97 Å². The van der Waals surface area contributed by atoms with Crippen LogP contribution in [0.5, 0.6) is 0 Å². The van der Waals surface area contributed by atoms with Crippen LogP contribution in [0.3, 0.4) is 0 Å². The molecule has 144 valence electrons. The number of anilines is 1. The zero-order valence-corrected chi connectivity index (χ0v) is 18.4. The number of rotatable bonds is 5. The molecule has 1 aromatic heterocycles. The van der Waals surface area contributed by atoms with Crippen LogP contribution in [-0.4, -0.2) is 23.5 Å². The van der Waals surface area contributed by atoms with Crippen molar-refractivity contribution in [3.63, 3.8) is 0 Å². The minimum absolute atomic E-state index is 0.208. The van der Waals surface area contributed by atoms with Gasteiger partial charge in [-0.25, -0.2) is 4.79 Å². The second-order valence-electron chi connectivity index (χ2n) is 5.77. The summed E-state index contributed by atoms with van der Waals surface area (Å²) in [6.07, 6.45) is 2.88. The summed E-state index contributed by atoms with van der Waals surface area (Å²) in [5, 5.41) is 4.16. The van der Waals surface area contributed by atoms with E-state index in [9.17, 15) is 9.59 Å². The van der Waals surface area contributed by atoms with Crippen LogP contribution in [0.2, 0.25) is 10.0 Å². The van der Waals surface area contributed by atoms with Crippen LogP contribution in [0.4, 0.5) is 5.69 Å². The second-order valence-corrected chi connectivity index (χ2v) is 7.86. The van der Waals surface area contributed by atoms with Crippen LogP contribution >= 0.6 is 45.8 Å². The number of ether oxygens (including phenoxy) is 1. The number of H-pyrrole nitrogens is 1. The minimum atomic E-state index is -0.538. The van der Waals surface area contributed by atoms with E-state index in [1.165, 1.54) is 12.2 Å². The SMILES string of the molecule is CCOC(=O)c1[nH]c2cc(Cl)cc(Cl)c2c1/C=C/C(=O)Nc1ccc(I)cc1. The van der Waals surface area contributed by atoms with Crippen molar-refractivity contribution in [2.75, 3.05) is 11.9 Å². The number of benzene rings is 2. The molecule has 8 heteroatoms. The maximum Gasteiger partial charge on any atom is 0.355 e. The lowest BCUT2D eigenvalue weighted by Crippen LogP contribution is -2.08. The summed E-state index contributed by atoms with van der Waals surface area (Å²) in [5.74, 6) is -0.876. The largest absolute Gasteiger partial charge is 0.461 e. The van der Waals surface area contributed by atoms with E-state index in [0.29, 0.717) is 32.2 Å². The molecule has 0 aliphatic heterocycles. The highest BCUT2D eigenvalue weighted by Gasteiger charge is 2.19. The molecule has 0 radical (unpaired) electrons. The minimum Gasteiger partial charge on any atom is -0.461 e. The lowest BCUT2D eigenvalue weighted by atomic mass is 10.1. The number of carbonyl (C=O) groups is 2. The first-order chi connectivity index (χ1) is 13.4. The van der Waals surface area contributed by atoms with Crippen molar-refractivity contribution in [3.05, 3.63) is 67.3 Å². The third-order valence-electron chi connectivity index (χ3n) is 3.85. The van der Waals surface area contributed by atoms with Crippen molar-refractivity contribution in [1.29, 1.82) is 0 Å². The Morgan fingerprint density at radius 1 is 1.21 bits per heavy atom. The highest BCUT2D eigenvalue weighted by Crippen LogP contribution is 2.33. The van der Waals surface area contributed by atoms with Gasteiger partial charge in [0.15, 0.2) is 0 Å². The Bertz CT molecular complexity index is 1080. The van der Waals surface area contributed by atoms with Crippen molar-refractivity contribution >= 4 is 80.3 Å². The highest BCUT2D eigenvalue weighted by molar-refractivity contribution is 14.1. The van der Waals surface area contributed by atoms with Crippen LogP contribution < -0.4 is 5.32 Å². The molecular weight excluding hydrogens is 514 g/mol. The fourth-order valence-corrected chi connectivity index (χ4v) is 3.63. The van der Waals surface area contributed by atoms with Crippen molar-refractivity contribution in [2.24, 2.45) is 0 Å². The normalized spacial score (nSPS) is 11.1. The van der Waals surface area contributed by atoms with E-state index in [4.69, 9.17) is 27.9 Å². The number of hydrogen-bond donors (Lipinski definition) is 2. The lowest BCUT2D eigenvalue weighted by molar-refractivity contribution is -0.111. The molecule has 28 heavy (non-hydrogen) atoms. The summed E-state index contributed by atoms with van der Waals surface area (Å²) in [4.78, 5) is 27.6. The maximum atomic E-state index is 12.3. The number of nitrogens with one attached hydrogen (secondary N) is 2. The number of esters is 1. The van der Waals surface area contributed by atoms with Crippen molar-refractivity contribution in [1.82, 2.24) is 4.98 Å². The summed E-state index contributed by atoms with van der Waals surface area (Å²) in [6.45, 7) is 1.94. The number of fused-ring (bicyclic) bond motifs is 1. The van der Waals surface area contributed by atoms with Crippen LogP contribution in [0.15, 0.2) is 42.5 Å². The standard InChI is InChI=1S/C20H15Cl2IN2O3/c1-2-28-20(27)19-14(18-15(22)9-11(21)10-16(18)25-19)7-8-17(26)24-13-5-3-12(23)4-6-13/h3-10,25H,2H2,1H3,(H,24,26)/b8-7+. The van der Waals surface area contributed by atoms with Crippen LogP contribution in [0.1, 0.15) is 23.0 Å². The summed E-state index contributed by atoms with van der Waals surface area (Å²) < 4.78 is 6.17. The molecule has 0 atom stereocenters. The van der Waals surface area contributed by atoms with Gasteiger partial charge >= 0.3 is 5.97 Å². The Balaban J connectivity index is 1.96. The predicted octanol–water partition coefficient (Wildman–Crippen LogP) is 5.91. The topological polar surface area (TPSA) is 71.2 Å². The van der Waals surface area contributed by atoms with Crippen molar-refractivity contribution < 1.29 is 14.3 Å². The van der Waals surface area contributed by atoms with E-state index in [1.54, 1.807) is 19.1 Å². The van der Waals surface area contributed by atoms with Gasteiger partial charge in [-0.3, -0.25) is 4.79 Å². The monoisotopic (exact) mass is 528 g/mol. The predicted molar refractivity (Wildman–Crippen MR) is 121 cm³/mol. The summed E-state index contributed by atoms with van der Waals surface area (Å²) >= 11 is 14.6. The zero-order chi connectivity index (χ0) is 20.3. The number of amides is 1.